The van der Waals surface area contributed by atoms with Gasteiger partial charge in [-0.1, -0.05) is 5.16 Å². The number of carbonyl (C=O) groups is 2. The molecule has 2 amide bonds. The number of imide groups is 1. The van der Waals surface area contributed by atoms with Gasteiger partial charge in [0.15, 0.2) is 0 Å². The lowest BCUT2D eigenvalue weighted by atomic mass is 10.2. The van der Waals surface area contributed by atoms with E-state index in [0.717, 1.165) is 4.90 Å². The van der Waals surface area contributed by atoms with Crippen LogP contribution >= 0.6 is 0 Å². The number of hydrogen-bond donors (Lipinski definition) is 0. The lowest BCUT2D eigenvalue weighted by molar-refractivity contribution is -0.138. The van der Waals surface area contributed by atoms with E-state index >= 15 is 0 Å². The number of hydrogen-bond acceptors (Lipinski definition) is 5. The van der Waals surface area contributed by atoms with Gasteiger partial charge < -0.3 is 9.57 Å². The highest BCUT2D eigenvalue weighted by Crippen LogP contribution is 2.12. The van der Waals surface area contributed by atoms with Crippen LogP contribution in [0.15, 0.2) is 5.16 Å². The molecule has 2 heterocycles. The molecular formula is C7H8N2O4. The summed E-state index contributed by atoms with van der Waals surface area (Å²) in [6, 6.07) is 0. The smallest absolute Gasteiger partial charge is 0.416 e. The maximum atomic E-state index is 11.5. The predicted molar refractivity (Wildman–Crippen MR) is 41.0 cm³/mol. The summed E-state index contributed by atoms with van der Waals surface area (Å²) in [7, 11) is 0. The van der Waals surface area contributed by atoms with Gasteiger partial charge in [0.05, 0.1) is 6.54 Å². The molecular weight excluding hydrogens is 176 g/mol. The maximum Gasteiger partial charge on any atom is 0.416 e. The van der Waals surface area contributed by atoms with E-state index in [9.17, 15) is 9.59 Å². The van der Waals surface area contributed by atoms with E-state index in [1.165, 1.54) is 6.21 Å². The van der Waals surface area contributed by atoms with Crippen molar-refractivity contribution in [2.75, 3.05) is 13.2 Å². The Morgan fingerprint density at radius 3 is 3.08 bits per heavy atom. The summed E-state index contributed by atoms with van der Waals surface area (Å²) in [4.78, 5) is 28.2. The zero-order chi connectivity index (χ0) is 9.26. The molecule has 2 aliphatic heterocycles. The van der Waals surface area contributed by atoms with Crippen molar-refractivity contribution in [1.29, 1.82) is 0 Å². The van der Waals surface area contributed by atoms with Crippen molar-refractivity contribution in [2.24, 2.45) is 5.16 Å². The van der Waals surface area contributed by atoms with Crippen LogP contribution in [0, 0.1) is 0 Å². The molecule has 1 atom stereocenters. The summed E-state index contributed by atoms with van der Waals surface area (Å²) in [6.45, 7) is 0.565. The molecule has 2 aliphatic rings. The zero-order valence-corrected chi connectivity index (χ0v) is 6.80. The van der Waals surface area contributed by atoms with Gasteiger partial charge in [0.2, 0.25) is 6.10 Å². The van der Waals surface area contributed by atoms with Crippen LogP contribution in [-0.4, -0.2) is 42.4 Å². The highest BCUT2D eigenvalue weighted by atomic mass is 16.6. The summed E-state index contributed by atoms with van der Waals surface area (Å²) >= 11 is 0. The molecule has 1 unspecified atom stereocenters. The number of nitrogens with zero attached hydrogens (tertiary/aromatic N) is 2. The van der Waals surface area contributed by atoms with Crippen LogP contribution in [0.2, 0.25) is 0 Å². The average Bonchev–Trinajstić information content (AvgIpc) is 2.72. The third-order valence-corrected chi connectivity index (χ3v) is 1.88. The first kappa shape index (κ1) is 8.03. The molecule has 0 bridgehead atoms. The number of amides is 2. The molecule has 1 fully saturated rings. The molecule has 0 aliphatic carbocycles. The van der Waals surface area contributed by atoms with Crippen molar-refractivity contribution in [3.63, 3.8) is 0 Å². The molecule has 1 saturated heterocycles. The van der Waals surface area contributed by atoms with Gasteiger partial charge in [0, 0.05) is 12.6 Å². The first-order chi connectivity index (χ1) is 6.29. The van der Waals surface area contributed by atoms with Gasteiger partial charge in [0.25, 0.3) is 5.91 Å². The standard InChI is InChI=1S/C7H8N2O4/c10-6(5-1-2-8-13-5)9-3-4-12-7(9)11/h2,5H,1,3-4H2. The molecule has 0 aromatic rings. The summed E-state index contributed by atoms with van der Waals surface area (Å²) in [5, 5.41) is 3.46. The molecule has 0 radical (unpaired) electrons. The second-order valence-electron chi connectivity index (χ2n) is 2.72. The molecule has 13 heavy (non-hydrogen) atoms. The van der Waals surface area contributed by atoms with Crippen LogP contribution < -0.4 is 0 Å². The topological polar surface area (TPSA) is 68.2 Å². The zero-order valence-electron chi connectivity index (χ0n) is 6.80. The van der Waals surface area contributed by atoms with Crippen molar-refractivity contribution >= 4 is 18.2 Å². The maximum absolute atomic E-state index is 11.5. The Hall–Kier alpha value is -1.59. The van der Waals surface area contributed by atoms with Gasteiger partial charge in [0.1, 0.15) is 6.61 Å². The van der Waals surface area contributed by atoms with Gasteiger partial charge in [-0.15, -0.1) is 0 Å². The van der Waals surface area contributed by atoms with Crippen molar-refractivity contribution in [3.05, 3.63) is 0 Å². The number of carbonyl (C=O) groups excluding carboxylic acids is 2. The van der Waals surface area contributed by atoms with Crippen LogP contribution in [0.1, 0.15) is 6.42 Å². The SMILES string of the molecule is O=C1OCCN1C(=O)C1CC=NO1. The number of rotatable bonds is 1. The first-order valence-corrected chi connectivity index (χ1v) is 3.95. The van der Waals surface area contributed by atoms with Gasteiger partial charge >= 0.3 is 6.09 Å². The second-order valence-corrected chi connectivity index (χ2v) is 2.72. The molecule has 70 valence electrons. The summed E-state index contributed by atoms with van der Waals surface area (Å²) in [5.41, 5.74) is 0. The number of ether oxygens (including phenoxy) is 1. The van der Waals surface area contributed by atoms with E-state index in [1.807, 2.05) is 0 Å². The molecule has 0 saturated carbocycles. The Kier molecular flexibility index (Phi) is 1.88. The molecule has 0 aromatic carbocycles. The van der Waals surface area contributed by atoms with E-state index < -0.39 is 12.2 Å². The molecule has 0 spiro atoms. The van der Waals surface area contributed by atoms with Crippen molar-refractivity contribution < 1.29 is 19.2 Å². The third-order valence-electron chi connectivity index (χ3n) is 1.88. The van der Waals surface area contributed by atoms with Crippen molar-refractivity contribution in [3.8, 4) is 0 Å². The molecule has 0 aromatic heterocycles. The fraction of sp³-hybridized carbons (Fsp3) is 0.571. The van der Waals surface area contributed by atoms with E-state index in [-0.39, 0.29) is 12.5 Å². The van der Waals surface area contributed by atoms with Crippen LogP contribution in [0.4, 0.5) is 4.79 Å². The Bertz CT molecular complexity index is 268. The fourth-order valence-electron chi connectivity index (χ4n) is 1.21. The van der Waals surface area contributed by atoms with Gasteiger partial charge in [-0.05, 0) is 0 Å². The lowest BCUT2D eigenvalue weighted by Crippen LogP contribution is -2.39. The van der Waals surface area contributed by atoms with Crippen molar-refractivity contribution in [2.45, 2.75) is 12.5 Å². The van der Waals surface area contributed by atoms with Gasteiger partial charge in [-0.3, -0.25) is 4.79 Å². The number of cyclic esters (lactones) is 1. The van der Waals surface area contributed by atoms with E-state index in [2.05, 4.69) is 9.89 Å². The van der Waals surface area contributed by atoms with Crippen LogP contribution in [-0.2, 0) is 14.4 Å². The fourth-order valence-corrected chi connectivity index (χ4v) is 1.21. The van der Waals surface area contributed by atoms with Crippen LogP contribution in [0.25, 0.3) is 0 Å². The van der Waals surface area contributed by atoms with Crippen LogP contribution in [0.3, 0.4) is 0 Å². The Balaban J connectivity index is 2.00. The monoisotopic (exact) mass is 184 g/mol. The van der Waals surface area contributed by atoms with Gasteiger partial charge in [-0.25, -0.2) is 9.69 Å². The van der Waals surface area contributed by atoms with E-state index in [1.54, 1.807) is 0 Å². The summed E-state index contributed by atoms with van der Waals surface area (Å²) < 4.78 is 4.62. The lowest BCUT2D eigenvalue weighted by Gasteiger charge is -2.13. The van der Waals surface area contributed by atoms with E-state index in [0.29, 0.717) is 13.0 Å². The first-order valence-electron chi connectivity index (χ1n) is 3.95. The molecule has 2 rings (SSSR count). The minimum atomic E-state index is -0.648. The summed E-state index contributed by atoms with van der Waals surface area (Å²) in [6.07, 6.45) is 0.679. The average molecular weight is 184 g/mol. The minimum absolute atomic E-state index is 0.262. The highest BCUT2D eigenvalue weighted by molar-refractivity contribution is 5.96. The summed E-state index contributed by atoms with van der Waals surface area (Å²) in [5.74, 6) is -0.375. The second kappa shape index (κ2) is 3.04. The third kappa shape index (κ3) is 1.34. The predicted octanol–water partition coefficient (Wildman–Crippen LogP) is -0.260. The molecule has 0 N–H and O–H groups in total. The quantitative estimate of drug-likeness (QED) is 0.563. The molecule has 6 nitrogen and oxygen atoms in total. The van der Waals surface area contributed by atoms with E-state index in [4.69, 9.17) is 4.84 Å². The Labute approximate surface area is 74.1 Å². The Morgan fingerprint density at radius 2 is 2.54 bits per heavy atom. The Morgan fingerprint density at radius 1 is 1.69 bits per heavy atom. The normalized spacial score (nSPS) is 26.0. The van der Waals surface area contributed by atoms with Gasteiger partial charge in [-0.2, -0.15) is 0 Å². The minimum Gasteiger partial charge on any atom is -0.447 e. The van der Waals surface area contributed by atoms with Crippen LogP contribution in [0.5, 0.6) is 0 Å². The number of oxime groups is 1. The largest absolute Gasteiger partial charge is 0.447 e. The highest BCUT2D eigenvalue weighted by Gasteiger charge is 2.35. The van der Waals surface area contributed by atoms with Crippen molar-refractivity contribution in [1.82, 2.24) is 4.90 Å². The molecule has 6 heteroatoms.